The summed E-state index contributed by atoms with van der Waals surface area (Å²) in [6.45, 7) is 16.2. The fourth-order valence-corrected chi connectivity index (χ4v) is 11.1. The second-order valence-corrected chi connectivity index (χ2v) is 19.0. The molecule has 8 aromatic carbocycles. The van der Waals surface area contributed by atoms with Crippen molar-refractivity contribution in [3.05, 3.63) is 224 Å². The Kier molecular flexibility index (Phi) is 15.5. The molecule has 2 aliphatic rings. The Bertz CT molecular complexity index is 3030. The zero-order chi connectivity index (χ0) is 52.0. The standard InChI is InChI=1S/C35H38O4.C31H30O4/c1-5-36-19-21-38-29-13-9-27(10-14-29)35(28-11-15-30(16-12-28)39-22-20-37-6-2)33-23-25(3)7-17-31(33)32-18-8-26(4)24-34(32)35;1-19-7-11-23-24-12-8-20(2)16-26(24)31(25(23)15-19,21-9-13-27(32-3)29(17-21)34-5)22-10-14-28(33-4)30(18-22)35-6/h7-18,23-24H,5-6,19-22H2,1-4H3;7-18H,1-6H3. The highest BCUT2D eigenvalue weighted by Crippen LogP contribution is 2.59. The summed E-state index contributed by atoms with van der Waals surface area (Å²) in [5, 5.41) is 0. The van der Waals surface area contributed by atoms with Crippen LogP contribution in [0.4, 0.5) is 0 Å². The van der Waals surface area contributed by atoms with E-state index < -0.39 is 10.8 Å². The molecule has 0 amide bonds. The lowest BCUT2D eigenvalue weighted by Crippen LogP contribution is -2.29. The molecular weight excluding hydrogens is 921 g/mol. The van der Waals surface area contributed by atoms with Gasteiger partial charge in [-0.3, -0.25) is 0 Å². The van der Waals surface area contributed by atoms with Gasteiger partial charge in [-0.2, -0.15) is 0 Å². The summed E-state index contributed by atoms with van der Waals surface area (Å²) in [6, 6.07) is 56.7. The van der Waals surface area contributed by atoms with Crippen molar-refractivity contribution in [1.82, 2.24) is 0 Å². The Morgan fingerprint density at radius 2 is 0.608 bits per heavy atom. The second kappa shape index (κ2) is 22.3. The van der Waals surface area contributed by atoms with Crippen molar-refractivity contribution < 1.29 is 37.9 Å². The molecule has 74 heavy (non-hydrogen) atoms. The molecule has 0 aromatic heterocycles. The van der Waals surface area contributed by atoms with Gasteiger partial charge in [0.15, 0.2) is 23.0 Å². The number of aryl methyl sites for hydroxylation is 4. The lowest BCUT2D eigenvalue weighted by atomic mass is 9.67. The molecule has 10 rings (SSSR count). The lowest BCUT2D eigenvalue weighted by molar-refractivity contribution is 0.110. The van der Waals surface area contributed by atoms with E-state index in [0.29, 0.717) is 62.6 Å². The predicted octanol–water partition coefficient (Wildman–Crippen LogP) is 14.2. The van der Waals surface area contributed by atoms with Crippen molar-refractivity contribution in [2.75, 3.05) is 68.1 Å². The molecule has 8 heteroatoms. The van der Waals surface area contributed by atoms with Gasteiger partial charge in [-0.05, 0) is 157 Å². The average Bonchev–Trinajstić information content (AvgIpc) is 3.88. The van der Waals surface area contributed by atoms with Gasteiger partial charge in [0.05, 0.1) is 52.5 Å². The minimum atomic E-state index is -0.582. The summed E-state index contributed by atoms with van der Waals surface area (Å²) in [6.07, 6.45) is 0. The number of fused-ring (bicyclic) bond motifs is 6. The van der Waals surface area contributed by atoms with E-state index in [0.717, 1.165) is 22.6 Å². The van der Waals surface area contributed by atoms with Gasteiger partial charge in [-0.15, -0.1) is 0 Å². The average molecular weight is 989 g/mol. The molecule has 0 saturated carbocycles. The fraction of sp³-hybridized carbons (Fsp3) is 0.273. The lowest BCUT2D eigenvalue weighted by Gasteiger charge is -2.35. The molecule has 0 fully saturated rings. The Morgan fingerprint density at radius 3 is 0.905 bits per heavy atom. The van der Waals surface area contributed by atoms with Crippen LogP contribution in [0.1, 0.15) is 80.6 Å². The van der Waals surface area contributed by atoms with E-state index in [4.69, 9.17) is 37.9 Å². The van der Waals surface area contributed by atoms with Crippen LogP contribution in [-0.2, 0) is 20.3 Å². The summed E-state index contributed by atoms with van der Waals surface area (Å²) in [5.41, 5.74) is 18.6. The van der Waals surface area contributed by atoms with Crippen molar-refractivity contribution in [3.63, 3.8) is 0 Å². The third-order valence-electron chi connectivity index (χ3n) is 14.5. The Morgan fingerprint density at radius 1 is 0.311 bits per heavy atom. The van der Waals surface area contributed by atoms with Crippen LogP contribution in [0, 0.1) is 27.7 Å². The minimum absolute atomic E-state index is 0.462. The molecule has 0 spiro atoms. The van der Waals surface area contributed by atoms with Gasteiger partial charge in [0.2, 0.25) is 0 Å². The summed E-state index contributed by atoms with van der Waals surface area (Å²) in [5.74, 6) is 4.48. The van der Waals surface area contributed by atoms with Crippen LogP contribution in [0.15, 0.2) is 158 Å². The first-order chi connectivity index (χ1) is 36.0. The molecule has 0 unspecified atom stereocenters. The molecular formula is C66H68O8. The van der Waals surface area contributed by atoms with E-state index in [1.54, 1.807) is 28.4 Å². The first-order valence-corrected chi connectivity index (χ1v) is 25.6. The third-order valence-corrected chi connectivity index (χ3v) is 14.5. The molecule has 2 aliphatic carbocycles. The van der Waals surface area contributed by atoms with E-state index in [2.05, 4.69) is 173 Å². The van der Waals surface area contributed by atoms with Crippen molar-refractivity contribution in [2.45, 2.75) is 52.4 Å². The van der Waals surface area contributed by atoms with Crippen LogP contribution >= 0.6 is 0 Å². The van der Waals surface area contributed by atoms with Crippen LogP contribution in [0.5, 0.6) is 34.5 Å². The molecule has 8 nitrogen and oxygen atoms in total. The highest BCUT2D eigenvalue weighted by molar-refractivity contribution is 5.88. The molecule has 380 valence electrons. The smallest absolute Gasteiger partial charge is 0.161 e. The van der Waals surface area contributed by atoms with Crippen LogP contribution in [0.2, 0.25) is 0 Å². The van der Waals surface area contributed by atoms with Crippen LogP contribution in [0.3, 0.4) is 0 Å². The first-order valence-electron chi connectivity index (χ1n) is 25.6. The largest absolute Gasteiger partial charge is 0.493 e. The number of methoxy groups -OCH3 is 4. The fourth-order valence-electron chi connectivity index (χ4n) is 11.1. The number of rotatable bonds is 18. The molecule has 0 radical (unpaired) electrons. The zero-order valence-corrected chi connectivity index (χ0v) is 44.5. The molecule has 0 saturated heterocycles. The van der Waals surface area contributed by atoms with Gasteiger partial charge >= 0.3 is 0 Å². The third kappa shape index (κ3) is 9.38. The molecule has 0 atom stereocenters. The number of ether oxygens (including phenoxy) is 8. The van der Waals surface area contributed by atoms with Crippen molar-refractivity contribution in [2.24, 2.45) is 0 Å². The summed E-state index contributed by atoms with van der Waals surface area (Å²) in [4.78, 5) is 0. The normalized spacial score (nSPS) is 13.1. The summed E-state index contributed by atoms with van der Waals surface area (Å²) >= 11 is 0. The quantitative estimate of drug-likeness (QED) is 0.0787. The maximum Gasteiger partial charge on any atom is 0.161 e. The van der Waals surface area contributed by atoms with Crippen molar-refractivity contribution in [1.29, 1.82) is 0 Å². The van der Waals surface area contributed by atoms with Gasteiger partial charge in [0.25, 0.3) is 0 Å². The zero-order valence-electron chi connectivity index (χ0n) is 44.5. The molecule has 8 aromatic rings. The van der Waals surface area contributed by atoms with Gasteiger partial charge < -0.3 is 37.9 Å². The van der Waals surface area contributed by atoms with Gasteiger partial charge in [-0.1, -0.05) is 131 Å². The highest BCUT2D eigenvalue weighted by atomic mass is 16.5. The molecule has 0 heterocycles. The van der Waals surface area contributed by atoms with Gasteiger partial charge in [0, 0.05) is 13.2 Å². The van der Waals surface area contributed by atoms with Crippen molar-refractivity contribution >= 4 is 0 Å². The van der Waals surface area contributed by atoms with E-state index in [-0.39, 0.29) is 0 Å². The molecule has 0 bridgehead atoms. The van der Waals surface area contributed by atoms with Crippen LogP contribution < -0.4 is 28.4 Å². The SMILES string of the molecule is CCOCCOc1ccc(C2(c3ccc(OCCOCC)cc3)c3cc(C)ccc3-c3ccc(C)cc32)cc1.COc1ccc(C2(c3ccc(OC)c(OC)c3)c3cc(C)ccc3-c3ccc(C)cc32)cc1OC. The van der Waals surface area contributed by atoms with Crippen molar-refractivity contribution in [3.8, 4) is 56.8 Å². The highest BCUT2D eigenvalue weighted by Gasteiger charge is 2.48. The van der Waals surface area contributed by atoms with E-state index in [1.165, 1.54) is 77.9 Å². The Hall–Kier alpha value is -7.52. The van der Waals surface area contributed by atoms with Crippen LogP contribution in [-0.4, -0.2) is 68.1 Å². The predicted molar refractivity (Wildman–Crippen MR) is 297 cm³/mol. The van der Waals surface area contributed by atoms with Gasteiger partial charge in [-0.25, -0.2) is 0 Å². The molecule has 0 aliphatic heterocycles. The Balaban J connectivity index is 0.000000183. The minimum Gasteiger partial charge on any atom is -0.493 e. The molecule has 0 N–H and O–H groups in total. The number of benzene rings is 8. The first kappa shape index (κ1) is 51.4. The summed E-state index contributed by atoms with van der Waals surface area (Å²) < 4.78 is 45.5. The van der Waals surface area contributed by atoms with E-state index >= 15 is 0 Å². The topological polar surface area (TPSA) is 73.8 Å². The number of hydrogen-bond acceptors (Lipinski definition) is 8. The van der Waals surface area contributed by atoms with Crippen LogP contribution in [0.25, 0.3) is 22.3 Å². The maximum atomic E-state index is 5.96. The van der Waals surface area contributed by atoms with Gasteiger partial charge in [0.1, 0.15) is 24.7 Å². The second-order valence-electron chi connectivity index (χ2n) is 19.0. The monoisotopic (exact) mass is 988 g/mol. The summed E-state index contributed by atoms with van der Waals surface area (Å²) in [7, 11) is 6.67. The number of hydrogen-bond donors (Lipinski definition) is 0. The maximum absolute atomic E-state index is 5.96. The Labute approximate surface area is 437 Å². The van der Waals surface area contributed by atoms with E-state index in [9.17, 15) is 0 Å². The van der Waals surface area contributed by atoms with E-state index in [1.807, 2.05) is 26.0 Å².